The van der Waals surface area contributed by atoms with Crippen LogP contribution in [0.4, 0.5) is 0 Å². The van der Waals surface area contributed by atoms with Gasteiger partial charge in [-0.15, -0.1) is 22.0 Å². The second-order valence-electron chi connectivity index (χ2n) is 6.79. The molecule has 0 saturated carbocycles. The van der Waals surface area contributed by atoms with Crippen LogP contribution in [0.15, 0.2) is 21.7 Å². The van der Waals surface area contributed by atoms with Gasteiger partial charge in [0, 0.05) is 18.6 Å². The lowest BCUT2D eigenvalue weighted by atomic mass is 10.0. The number of carbonyl (C=O) groups is 3. The fourth-order valence-electron chi connectivity index (χ4n) is 3.32. The molecule has 30 heavy (non-hydrogen) atoms. The number of fused-ring (bicyclic) bond motifs is 1. The minimum atomic E-state index is -1.15. The largest absolute Gasteiger partial charge is 0.477 e. The lowest BCUT2D eigenvalue weighted by Gasteiger charge is -2.49. The molecule has 0 unspecified atom stereocenters. The van der Waals surface area contributed by atoms with Gasteiger partial charge in [0.15, 0.2) is 4.34 Å². The summed E-state index contributed by atoms with van der Waals surface area (Å²) >= 11 is 4.28. The van der Waals surface area contributed by atoms with Crippen LogP contribution >= 0.6 is 34.9 Å². The Morgan fingerprint density at radius 3 is 2.73 bits per heavy atom. The predicted molar refractivity (Wildman–Crippen MR) is 112 cm³/mol. The van der Waals surface area contributed by atoms with E-state index >= 15 is 0 Å². The third-order valence-electron chi connectivity index (χ3n) is 4.65. The van der Waals surface area contributed by atoms with Crippen LogP contribution < -0.4 is 5.32 Å². The quantitative estimate of drug-likeness (QED) is 0.473. The molecule has 2 N–H and O–H groups in total. The number of nitrogens with zero attached hydrogens (tertiary/aromatic N) is 5. The Balaban J connectivity index is 1.49. The number of rotatable bonds is 6. The average molecular weight is 467 g/mol. The van der Waals surface area contributed by atoms with Gasteiger partial charge in [-0.05, 0) is 25.5 Å². The minimum absolute atomic E-state index is 0.000589. The zero-order chi connectivity index (χ0) is 21.6. The summed E-state index contributed by atoms with van der Waals surface area (Å²) < 4.78 is 2.20. The van der Waals surface area contributed by atoms with Crippen molar-refractivity contribution in [2.24, 2.45) is 7.05 Å². The van der Waals surface area contributed by atoms with Crippen molar-refractivity contribution in [1.29, 1.82) is 0 Å². The molecule has 4 heterocycles. The van der Waals surface area contributed by atoms with Crippen molar-refractivity contribution in [3.63, 3.8) is 0 Å². The van der Waals surface area contributed by atoms with Crippen LogP contribution in [0, 0.1) is 13.8 Å². The highest BCUT2D eigenvalue weighted by Crippen LogP contribution is 2.41. The van der Waals surface area contributed by atoms with Gasteiger partial charge in [0.25, 0.3) is 11.8 Å². The summed E-state index contributed by atoms with van der Waals surface area (Å²) in [5, 5.41) is 25.0. The monoisotopic (exact) mass is 466 g/mol. The van der Waals surface area contributed by atoms with Crippen molar-refractivity contribution >= 4 is 52.6 Å². The van der Waals surface area contributed by atoms with E-state index in [9.17, 15) is 19.5 Å². The molecule has 2 aliphatic heterocycles. The Bertz CT molecular complexity index is 1080. The number of aryl methyl sites for hydroxylation is 3. The fraction of sp³-hybridized carbons (Fsp3) is 0.412. The normalized spacial score (nSPS) is 20.8. The number of amides is 2. The molecule has 1 fully saturated rings. The van der Waals surface area contributed by atoms with Gasteiger partial charge in [-0.3, -0.25) is 19.2 Å². The Kier molecular flexibility index (Phi) is 5.59. The molecule has 2 atom stereocenters. The van der Waals surface area contributed by atoms with E-state index in [0.29, 0.717) is 28.5 Å². The third-order valence-corrected chi connectivity index (χ3v) is 8.05. The zero-order valence-electron chi connectivity index (χ0n) is 16.3. The number of aliphatic carboxylic acids is 1. The molecule has 0 bridgehead atoms. The molecular weight excluding hydrogens is 448 g/mol. The number of carboxylic acid groups (broad SMARTS) is 1. The summed E-state index contributed by atoms with van der Waals surface area (Å²) in [6.07, 6.45) is 0. The van der Waals surface area contributed by atoms with Crippen molar-refractivity contribution in [3.8, 4) is 0 Å². The smallest absolute Gasteiger partial charge is 0.352 e. The zero-order valence-corrected chi connectivity index (χ0v) is 18.7. The number of thioether (sulfide) groups is 2. The first-order valence-corrected chi connectivity index (χ1v) is 11.8. The first kappa shape index (κ1) is 20.9. The van der Waals surface area contributed by atoms with Crippen LogP contribution in [0.3, 0.4) is 0 Å². The van der Waals surface area contributed by atoms with Crippen molar-refractivity contribution in [1.82, 2.24) is 30.2 Å². The van der Waals surface area contributed by atoms with Gasteiger partial charge in [0.1, 0.15) is 27.8 Å². The van der Waals surface area contributed by atoms with E-state index in [0.717, 1.165) is 9.35 Å². The van der Waals surface area contributed by atoms with Crippen molar-refractivity contribution < 1.29 is 19.5 Å². The van der Waals surface area contributed by atoms with E-state index in [2.05, 4.69) is 20.6 Å². The first-order chi connectivity index (χ1) is 14.3. The van der Waals surface area contributed by atoms with Crippen LogP contribution in [0.2, 0.25) is 0 Å². The minimum Gasteiger partial charge on any atom is -0.477 e. The molecule has 13 heteroatoms. The molecule has 0 radical (unpaired) electrons. The van der Waals surface area contributed by atoms with Crippen LogP contribution in [-0.4, -0.2) is 70.7 Å². The van der Waals surface area contributed by atoms with Gasteiger partial charge in [0.2, 0.25) is 0 Å². The fourth-order valence-corrected chi connectivity index (χ4v) is 6.62. The highest BCUT2D eigenvalue weighted by atomic mass is 32.2. The first-order valence-electron chi connectivity index (χ1n) is 8.90. The van der Waals surface area contributed by atoms with E-state index in [1.807, 2.05) is 6.92 Å². The second-order valence-corrected chi connectivity index (χ2v) is 10.3. The Morgan fingerprint density at radius 2 is 2.13 bits per heavy atom. The van der Waals surface area contributed by atoms with Crippen molar-refractivity contribution in [2.75, 3.05) is 11.5 Å². The van der Waals surface area contributed by atoms with Gasteiger partial charge >= 0.3 is 5.97 Å². The van der Waals surface area contributed by atoms with Crippen LogP contribution in [0.5, 0.6) is 0 Å². The molecule has 10 nitrogen and oxygen atoms in total. The topological polar surface area (TPSA) is 130 Å². The molecule has 2 aromatic heterocycles. The number of hydrogen-bond donors (Lipinski definition) is 2. The molecule has 0 aromatic carbocycles. The molecule has 0 spiro atoms. The van der Waals surface area contributed by atoms with E-state index in [4.69, 9.17) is 0 Å². The second kappa shape index (κ2) is 8.04. The predicted octanol–water partition coefficient (Wildman–Crippen LogP) is 1.03. The van der Waals surface area contributed by atoms with E-state index in [1.54, 1.807) is 20.0 Å². The molecule has 4 rings (SSSR count). The summed E-state index contributed by atoms with van der Waals surface area (Å²) in [4.78, 5) is 38.5. The van der Waals surface area contributed by atoms with Crippen LogP contribution in [0.25, 0.3) is 0 Å². The summed E-state index contributed by atoms with van der Waals surface area (Å²) in [5.74, 6) is -1.12. The number of aromatic nitrogens is 4. The van der Waals surface area contributed by atoms with Crippen LogP contribution in [0.1, 0.15) is 21.2 Å². The standard InChI is InChI=1S/C17H18N6O4S3/c1-7-4-10(22(3)21-7)13(24)18-11-14(25)23-12(16(26)27)9(5-28-15(11)23)6-29-17-20-19-8(2)30-17/h4,11,15H,5-6H2,1-3H3,(H,18,24)(H,26,27)/t11-,15-/m1/s1. The van der Waals surface area contributed by atoms with E-state index in [1.165, 1.54) is 44.4 Å². The molecule has 2 aromatic rings. The molecule has 0 aliphatic carbocycles. The SMILES string of the molecule is Cc1cc(C(=O)N[C@@H]2C(=O)N3C(C(=O)O)=C(CSc4nnc(C)s4)CS[C@H]23)n(C)n1. The molecule has 2 aliphatic rings. The Morgan fingerprint density at radius 1 is 1.37 bits per heavy atom. The summed E-state index contributed by atoms with van der Waals surface area (Å²) in [7, 11) is 1.65. The lowest BCUT2D eigenvalue weighted by molar-refractivity contribution is -0.148. The molecular formula is C17H18N6O4S3. The molecule has 2 amide bonds. The lowest BCUT2D eigenvalue weighted by Crippen LogP contribution is -2.70. The average Bonchev–Trinajstić information content (AvgIpc) is 3.27. The van der Waals surface area contributed by atoms with E-state index < -0.39 is 29.2 Å². The summed E-state index contributed by atoms with van der Waals surface area (Å²) in [5.41, 5.74) is 1.69. The van der Waals surface area contributed by atoms with Crippen molar-refractivity contribution in [3.05, 3.63) is 33.7 Å². The van der Waals surface area contributed by atoms with E-state index in [-0.39, 0.29) is 5.70 Å². The maximum atomic E-state index is 12.7. The molecule has 158 valence electrons. The van der Waals surface area contributed by atoms with Gasteiger partial charge in [0.05, 0.1) is 5.69 Å². The molecule has 1 saturated heterocycles. The number of carboxylic acids is 1. The summed E-state index contributed by atoms with van der Waals surface area (Å²) in [6, 6.07) is 0.865. The van der Waals surface area contributed by atoms with Gasteiger partial charge in [-0.25, -0.2) is 4.79 Å². The number of nitrogens with one attached hydrogen (secondary N) is 1. The number of β-lactam (4-membered cyclic amide) rings is 1. The number of carbonyl (C=O) groups excluding carboxylic acids is 2. The third kappa shape index (κ3) is 3.72. The number of hydrogen-bond acceptors (Lipinski definition) is 9. The maximum absolute atomic E-state index is 12.7. The Hall–Kier alpha value is -2.38. The highest BCUT2D eigenvalue weighted by molar-refractivity contribution is 8.01. The van der Waals surface area contributed by atoms with Crippen molar-refractivity contribution in [2.45, 2.75) is 29.6 Å². The van der Waals surface area contributed by atoms with Gasteiger partial charge in [-0.1, -0.05) is 23.1 Å². The maximum Gasteiger partial charge on any atom is 0.352 e. The van der Waals surface area contributed by atoms with Gasteiger partial charge in [-0.2, -0.15) is 5.10 Å². The Labute approximate surface area is 184 Å². The highest BCUT2D eigenvalue weighted by Gasteiger charge is 2.54. The van der Waals surface area contributed by atoms with Crippen LogP contribution in [-0.2, 0) is 16.6 Å². The van der Waals surface area contributed by atoms with Gasteiger partial charge < -0.3 is 10.4 Å². The summed E-state index contributed by atoms with van der Waals surface area (Å²) in [6.45, 7) is 3.63.